The van der Waals surface area contributed by atoms with E-state index in [9.17, 15) is 25.4 Å². The molecule has 0 saturated carbocycles. The van der Waals surface area contributed by atoms with Crippen molar-refractivity contribution in [2.24, 2.45) is 0 Å². The topological polar surface area (TPSA) is 153 Å². The zero-order valence-electron chi connectivity index (χ0n) is 13.7. The molecule has 9 nitrogen and oxygen atoms in total. The zero-order valence-corrected chi connectivity index (χ0v) is 13.7. The molecule has 2 heterocycles. The van der Waals surface area contributed by atoms with Crippen molar-refractivity contribution in [2.45, 2.75) is 12.8 Å². The number of nitrogens with two attached hydrogens (primary N) is 1. The Morgan fingerprint density at radius 2 is 1.85 bits per heavy atom. The van der Waals surface area contributed by atoms with Gasteiger partial charge in [0.05, 0.1) is 4.92 Å². The molecule has 1 aromatic heterocycles. The number of nitriles is 2. The van der Waals surface area contributed by atoms with Gasteiger partial charge < -0.3 is 15.6 Å². The van der Waals surface area contributed by atoms with Gasteiger partial charge in [0.15, 0.2) is 0 Å². The number of nitrogens with one attached hydrogen (secondary N) is 1. The van der Waals surface area contributed by atoms with E-state index in [0.29, 0.717) is 5.69 Å². The molecule has 0 atom stereocenters. The molecular weight excluding hydrogens is 336 g/mol. The summed E-state index contributed by atoms with van der Waals surface area (Å²) in [5.74, 6) is -0.183. The highest BCUT2D eigenvalue weighted by Gasteiger charge is 2.25. The Morgan fingerprint density at radius 3 is 2.42 bits per heavy atom. The first-order chi connectivity index (χ1) is 12.5. The minimum atomic E-state index is -0.745. The fourth-order valence-electron chi connectivity index (χ4n) is 3.18. The first-order valence-corrected chi connectivity index (χ1v) is 7.87. The lowest BCUT2D eigenvalue weighted by molar-refractivity contribution is -0.384. The molecule has 1 saturated heterocycles. The number of hydrogen-bond acceptors (Lipinski definition) is 7. The van der Waals surface area contributed by atoms with Crippen LogP contribution in [-0.4, -0.2) is 23.0 Å². The van der Waals surface area contributed by atoms with Crippen molar-refractivity contribution in [1.29, 1.82) is 10.5 Å². The summed E-state index contributed by atoms with van der Waals surface area (Å²) in [5, 5.41) is 30.2. The predicted octanol–water partition coefficient (Wildman–Crippen LogP) is 1.88. The van der Waals surface area contributed by atoms with E-state index in [1.54, 1.807) is 18.2 Å². The molecule has 1 aliphatic rings. The first-order valence-electron chi connectivity index (χ1n) is 7.87. The summed E-state index contributed by atoms with van der Waals surface area (Å²) in [5.41, 5.74) is 5.12. The average Bonchev–Trinajstić information content (AvgIpc) is 3.15. The number of pyridine rings is 1. The number of nitro benzene ring substituents is 1. The Bertz CT molecular complexity index is 1040. The number of aromatic amines is 1. The normalized spacial score (nSPS) is 13.2. The van der Waals surface area contributed by atoms with Gasteiger partial charge in [0.1, 0.15) is 34.8 Å². The third-order valence-electron chi connectivity index (χ3n) is 4.38. The Labute approximate surface area is 148 Å². The van der Waals surface area contributed by atoms with E-state index in [1.807, 2.05) is 11.0 Å². The lowest BCUT2D eigenvalue weighted by Crippen LogP contribution is -2.19. The number of benzene rings is 1. The van der Waals surface area contributed by atoms with E-state index in [0.717, 1.165) is 25.9 Å². The minimum absolute atomic E-state index is 0.00678. The molecule has 0 radical (unpaired) electrons. The van der Waals surface area contributed by atoms with Crippen LogP contribution >= 0.6 is 0 Å². The predicted molar refractivity (Wildman–Crippen MR) is 94.4 cm³/mol. The van der Waals surface area contributed by atoms with E-state index in [-0.39, 0.29) is 33.8 Å². The molecule has 0 bridgehead atoms. The van der Waals surface area contributed by atoms with Crippen molar-refractivity contribution >= 4 is 17.2 Å². The first kappa shape index (κ1) is 17.0. The number of nitrogens with zero attached hydrogens (tertiary/aromatic N) is 4. The maximum atomic E-state index is 12.0. The second-order valence-electron chi connectivity index (χ2n) is 5.87. The van der Waals surface area contributed by atoms with Gasteiger partial charge in [-0.2, -0.15) is 10.5 Å². The van der Waals surface area contributed by atoms with E-state index >= 15 is 0 Å². The van der Waals surface area contributed by atoms with Crippen LogP contribution in [0, 0.1) is 32.8 Å². The highest BCUT2D eigenvalue weighted by Crippen LogP contribution is 2.37. The minimum Gasteiger partial charge on any atom is -0.384 e. The second-order valence-corrected chi connectivity index (χ2v) is 5.87. The largest absolute Gasteiger partial charge is 0.384 e. The molecule has 130 valence electrons. The van der Waals surface area contributed by atoms with Gasteiger partial charge in [-0.05, 0) is 24.5 Å². The molecule has 1 aliphatic heterocycles. The van der Waals surface area contributed by atoms with Gasteiger partial charge in [0.25, 0.3) is 11.2 Å². The van der Waals surface area contributed by atoms with Gasteiger partial charge in [-0.3, -0.25) is 14.9 Å². The van der Waals surface area contributed by atoms with Crippen LogP contribution in [0.2, 0.25) is 0 Å². The van der Waals surface area contributed by atoms with Crippen molar-refractivity contribution in [3.8, 4) is 23.3 Å². The number of nitrogen functional groups attached to an aromatic ring is 1. The van der Waals surface area contributed by atoms with E-state index in [1.165, 1.54) is 6.07 Å². The van der Waals surface area contributed by atoms with Crippen LogP contribution in [0.5, 0.6) is 0 Å². The Kier molecular flexibility index (Phi) is 4.29. The number of hydrogen-bond donors (Lipinski definition) is 2. The van der Waals surface area contributed by atoms with Crippen LogP contribution in [0.15, 0.2) is 23.0 Å². The van der Waals surface area contributed by atoms with E-state index < -0.39 is 10.5 Å². The van der Waals surface area contributed by atoms with Gasteiger partial charge in [-0.15, -0.1) is 0 Å². The summed E-state index contributed by atoms with van der Waals surface area (Å²) in [6, 6.07) is 8.04. The second kappa shape index (κ2) is 6.57. The fourth-order valence-corrected chi connectivity index (χ4v) is 3.18. The summed E-state index contributed by atoms with van der Waals surface area (Å²) >= 11 is 0. The highest BCUT2D eigenvalue weighted by atomic mass is 16.6. The van der Waals surface area contributed by atoms with Crippen LogP contribution in [0.1, 0.15) is 24.0 Å². The maximum absolute atomic E-state index is 12.0. The molecular formula is C17H14N6O3. The van der Waals surface area contributed by atoms with Crippen LogP contribution in [0.3, 0.4) is 0 Å². The number of aromatic nitrogens is 1. The lowest BCUT2D eigenvalue weighted by atomic mass is 9.96. The molecule has 0 spiro atoms. The Balaban J connectivity index is 2.28. The molecule has 9 heteroatoms. The van der Waals surface area contributed by atoms with Crippen molar-refractivity contribution < 1.29 is 4.92 Å². The number of nitro groups is 1. The smallest absolute Gasteiger partial charge is 0.293 e. The SMILES string of the molecule is N#Cc1c(N)[nH]c(=O)c(C#N)c1-c1ccc(N2CCCC2)c([N+](=O)[O-])c1. The van der Waals surface area contributed by atoms with Crippen molar-refractivity contribution in [3.63, 3.8) is 0 Å². The molecule has 3 rings (SSSR count). The number of rotatable bonds is 3. The van der Waals surface area contributed by atoms with Crippen LogP contribution in [0.25, 0.3) is 11.1 Å². The van der Waals surface area contributed by atoms with Gasteiger partial charge in [0.2, 0.25) is 0 Å². The summed E-state index contributed by atoms with van der Waals surface area (Å²) in [7, 11) is 0. The monoisotopic (exact) mass is 350 g/mol. The molecule has 1 aromatic carbocycles. The number of H-pyrrole nitrogens is 1. The quantitative estimate of drug-likeness (QED) is 0.632. The molecule has 3 N–H and O–H groups in total. The van der Waals surface area contributed by atoms with Gasteiger partial charge in [-0.1, -0.05) is 6.07 Å². The maximum Gasteiger partial charge on any atom is 0.293 e. The van der Waals surface area contributed by atoms with Crippen molar-refractivity contribution in [1.82, 2.24) is 4.98 Å². The number of anilines is 2. The van der Waals surface area contributed by atoms with Gasteiger partial charge >= 0.3 is 0 Å². The summed E-state index contributed by atoms with van der Waals surface area (Å²) in [6.45, 7) is 1.45. The van der Waals surface area contributed by atoms with E-state index in [2.05, 4.69) is 4.98 Å². The van der Waals surface area contributed by atoms with Gasteiger partial charge in [-0.25, -0.2) is 0 Å². The third-order valence-corrected chi connectivity index (χ3v) is 4.38. The highest BCUT2D eigenvalue weighted by molar-refractivity contribution is 5.83. The van der Waals surface area contributed by atoms with Gasteiger partial charge in [0, 0.05) is 24.7 Å². The lowest BCUT2D eigenvalue weighted by Gasteiger charge is -2.18. The van der Waals surface area contributed by atoms with Crippen LogP contribution in [0.4, 0.5) is 17.2 Å². The molecule has 0 amide bonds. The molecule has 0 unspecified atom stereocenters. The van der Waals surface area contributed by atoms with Crippen molar-refractivity contribution in [2.75, 3.05) is 23.7 Å². The standard InChI is InChI=1S/C17H14N6O3/c18-8-11-15(12(9-19)17(24)21-16(11)20)10-3-4-13(14(7-10)23(25)26)22-5-1-2-6-22/h3-4,7H,1-2,5-6H2,(H3,20,21,24). The van der Waals surface area contributed by atoms with Crippen molar-refractivity contribution in [3.05, 3.63) is 49.8 Å². The third kappa shape index (κ3) is 2.72. The zero-order chi connectivity index (χ0) is 18.8. The molecule has 2 aromatic rings. The Hall–Kier alpha value is -3.85. The Morgan fingerprint density at radius 1 is 1.19 bits per heavy atom. The average molecular weight is 350 g/mol. The summed E-state index contributed by atoms with van der Waals surface area (Å²) in [6.07, 6.45) is 1.92. The molecule has 1 fully saturated rings. The summed E-state index contributed by atoms with van der Waals surface area (Å²) in [4.78, 5) is 27.2. The van der Waals surface area contributed by atoms with Crippen LogP contribution in [-0.2, 0) is 0 Å². The van der Waals surface area contributed by atoms with E-state index in [4.69, 9.17) is 5.73 Å². The van der Waals surface area contributed by atoms with Crippen LogP contribution < -0.4 is 16.2 Å². The molecule has 26 heavy (non-hydrogen) atoms. The summed E-state index contributed by atoms with van der Waals surface area (Å²) < 4.78 is 0. The molecule has 0 aliphatic carbocycles. The fraction of sp³-hybridized carbons (Fsp3) is 0.235.